The van der Waals surface area contributed by atoms with Gasteiger partial charge in [-0.1, -0.05) is 24.6 Å². The zero-order valence-corrected chi connectivity index (χ0v) is 10.9. The van der Waals surface area contributed by atoms with Crippen molar-refractivity contribution >= 4 is 5.69 Å². The molecule has 0 spiro atoms. The minimum atomic E-state index is 0.800. The first-order chi connectivity index (χ1) is 8.27. The maximum atomic E-state index is 5.96. The maximum absolute atomic E-state index is 5.96. The molecule has 1 aliphatic heterocycles. The molecule has 2 N–H and O–H groups in total. The van der Waals surface area contributed by atoms with Crippen molar-refractivity contribution < 1.29 is 0 Å². The summed E-state index contributed by atoms with van der Waals surface area (Å²) in [6.07, 6.45) is 7.84. The molecule has 1 aromatic rings. The van der Waals surface area contributed by atoms with E-state index in [1.807, 2.05) is 12.1 Å². The highest BCUT2D eigenvalue weighted by atomic mass is 15.1. The van der Waals surface area contributed by atoms with E-state index in [-0.39, 0.29) is 0 Å². The number of rotatable bonds is 4. The van der Waals surface area contributed by atoms with Gasteiger partial charge in [-0.2, -0.15) is 0 Å². The standard InChI is InChI=1S/C15H24N2/c1-17-12-5-4-9-14(17)10-6-8-13-7-2-3-11-15(13)16/h2-3,7,11,14H,4-6,8-10,12,16H2,1H3. The molecule has 94 valence electrons. The Labute approximate surface area is 105 Å². The van der Waals surface area contributed by atoms with Crippen LogP contribution in [0.5, 0.6) is 0 Å². The molecule has 2 heteroatoms. The summed E-state index contributed by atoms with van der Waals surface area (Å²) in [6, 6.07) is 9.04. The van der Waals surface area contributed by atoms with Crippen LogP contribution < -0.4 is 5.73 Å². The minimum Gasteiger partial charge on any atom is -0.399 e. The fourth-order valence-corrected chi connectivity index (χ4v) is 2.80. The van der Waals surface area contributed by atoms with Crippen LogP contribution in [0.15, 0.2) is 24.3 Å². The van der Waals surface area contributed by atoms with Gasteiger partial charge >= 0.3 is 0 Å². The van der Waals surface area contributed by atoms with E-state index in [0.29, 0.717) is 0 Å². The molecule has 1 fully saturated rings. The molecule has 0 aromatic heterocycles. The first-order valence-electron chi connectivity index (χ1n) is 6.81. The number of nitrogens with two attached hydrogens (primary N) is 1. The fraction of sp³-hybridized carbons (Fsp3) is 0.600. The number of hydrogen-bond acceptors (Lipinski definition) is 2. The highest BCUT2D eigenvalue weighted by Gasteiger charge is 2.17. The van der Waals surface area contributed by atoms with E-state index in [1.54, 1.807) is 0 Å². The Morgan fingerprint density at radius 2 is 2.12 bits per heavy atom. The van der Waals surface area contributed by atoms with Gasteiger partial charge in [0.05, 0.1) is 0 Å². The summed E-state index contributed by atoms with van der Waals surface area (Å²) < 4.78 is 0. The Morgan fingerprint density at radius 1 is 1.29 bits per heavy atom. The van der Waals surface area contributed by atoms with Gasteiger partial charge in [-0.15, -0.1) is 0 Å². The van der Waals surface area contributed by atoms with Crippen LogP contribution in [0.4, 0.5) is 5.69 Å². The molecule has 2 rings (SSSR count). The topological polar surface area (TPSA) is 29.3 Å². The van der Waals surface area contributed by atoms with Crippen LogP contribution >= 0.6 is 0 Å². The molecule has 1 aromatic carbocycles. The average Bonchev–Trinajstić information content (AvgIpc) is 2.34. The van der Waals surface area contributed by atoms with Crippen LogP contribution in [0.3, 0.4) is 0 Å². The highest BCUT2D eigenvalue weighted by molar-refractivity contribution is 5.46. The van der Waals surface area contributed by atoms with Crippen molar-refractivity contribution in [1.29, 1.82) is 0 Å². The van der Waals surface area contributed by atoms with E-state index < -0.39 is 0 Å². The van der Waals surface area contributed by atoms with Crippen LogP contribution in [0, 0.1) is 0 Å². The lowest BCUT2D eigenvalue weighted by atomic mass is 9.96. The van der Waals surface area contributed by atoms with E-state index in [1.165, 1.54) is 44.2 Å². The van der Waals surface area contributed by atoms with Crippen LogP contribution in [0.25, 0.3) is 0 Å². The third-order valence-electron chi connectivity index (χ3n) is 3.96. The number of likely N-dealkylation sites (tertiary alicyclic amines) is 1. The second-order valence-corrected chi connectivity index (χ2v) is 5.22. The first kappa shape index (κ1) is 12.4. The SMILES string of the molecule is CN1CCCCC1CCCc1ccccc1N. The van der Waals surface area contributed by atoms with Crippen molar-refractivity contribution in [1.82, 2.24) is 4.90 Å². The summed E-state index contributed by atoms with van der Waals surface area (Å²) in [6.45, 7) is 1.28. The average molecular weight is 232 g/mol. The molecule has 0 aliphatic carbocycles. The van der Waals surface area contributed by atoms with E-state index in [4.69, 9.17) is 5.73 Å². The van der Waals surface area contributed by atoms with Crippen LogP contribution in [-0.2, 0) is 6.42 Å². The maximum Gasteiger partial charge on any atom is 0.0346 e. The second kappa shape index (κ2) is 6.06. The van der Waals surface area contributed by atoms with E-state index >= 15 is 0 Å². The van der Waals surface area contributed by atoms with Gasteiger partial charge in [0.2, 0.25) is 0 Å². The summed E-state index contributed by atoms with van der Waals surface area (Å²) >= 11 is 0. The molecule has 0 amide bonds. The normalized spacial score (nSPS) is 21.6. The van der Waals surface area contributed by atoms with Crippen LogP contribution in [-0.4, -0.2) is 24.5 Å². The molecule has 0 bridgehead atoms. The highest BCUT2D eigenvalue weighted by Crippen LogP contribution is 2.21. The van der Waals surface area contributed by atoms with Gasteiger partial charge in [0.1, 0.15) is 0 Å². The molecular weight excluding hydrogens is 208 g/mol. The molecule has 1 heterocycles. The monoisotopic (exact) mass is 232 g/mol. The number of piperidine rings is 1. The molecule has 0 radical (unpaired) electrons. The van der Waals surface area contributed by atoms with Crippen LogP contribution in [0.1, 0.15) is 37.7 Å². The van der Waals surface area contributed by atoms with Gasteiger partial charge in [0.15, 0.2) is 0 Å². The number of aryl methyl sites for hydroxylation is 1. The predicted molar refractivity (Wildman–Crippen MR) is 74.1 cm³/mol. The number of hydrogen-bond donors (Lipinski definition) is 1. The van der Waals surface area contributed by atoms with E-state index in [0.717, 1.165) is 18.2 Å². The van der Waals surface area contributed by atoms with Crippen molar-refractivity contribution in [3.63, 3.8) is 0 Å². The summed E-state index contributed by atoms with van der Waals surface area (Å²) in [5, 5.41) is 0. The Kier molecular flexibility index (Phi) is 4.43. The number of nitrogens with zero attached hydrogens (tertiary/aromatic N) is 1. The zero-order valence-electron chi connectivity index (χ0n) is 10.9. The summed E-state index contributed by atoms with van der Waals surface area (Å²) in [5.41, 5.74) is 8.22. The first-order valence-corrected chi connectivity index (χ1v) is 6.81. The third kappa shape index (κ3) is 3.47. The van der Waals surface area contributed by atoms with Crippen LogP contribution in [0.2, 0.25) is 0 Å². The number of benzene rings is 1. The van der Waals surface area contributed by atoms with Crippen molar-refractivity contribution in [2.45, 2.75) is 44.6 Å². The Morgan fingerprint density at radius 3 is 2.88 bits per heavy atom. The molecule has 17 heavy (non-hydrogen) atoms. The van der Waals surface area contributed by atoms with Gasteiger partial charge in [-0.3, -0.25) is 0 Å². The number of nitrogen functional groups attached to an aromatic ring is 1. The zero-order chi connectivity index (χ0) is 12.1. The van der Waals surface area contributed by atoms with Gasteiger partial charge in [0.25, 0.3) is 0 Å². The predicted octanol–water partition coefficient (Wildman–Crippen LogP) is 3.08. The lowest BCUT2D eigenvalue weighted by Crippen LogP contribution is -2.36. The molecule has 0 saturated carbocycles. The van der Waals surface area contributed by atoms with E-state index in [2.05, 4.69) is 24.1 Å². The van der Waals surface area contributed by atoms with Crippen molar-refractivity contribution in [3.05, 3.63) is 29.8 Å². The quantitative estimate of drug-likeness (QED) is 0.808. The summed E-state index contributed by atoms with van der Waals surface area (Å²) in [4.78, 5) is 2.53. The van der Waals surface area contributed by atoms with Gasteiger partial charge < -0.3 is 10.6 Å². The largest absolute Gasteiger partial charge is 0.399 e. The third-order valence-corrected chi connectivity index (χ3v) is 3.96. The fourth-order valence-electron chi connectivity index (χ4n) is 2.80. The molecule has 1 aliphatic rings. The van der Waals surface area contributed by atoms with Gasteiger partial charge in [0, 0.05) is 11.7 Å². The molecule has 2 nitrogen and oxygen atoms in total. The summed E-state index contributed by atoms with van der Waals surface area (Å²) in [5.74, 6) is 0. The summed E-state index contributed by atoms with van der Waals surface area (Å²) in [7, 11) is 2.26. The lowest BCUT2D eigenvalue weighted by molar-refractivity contribution is 0.174. The van der Waals surface area contributed by atoms with Gasteiger partial charge in [-0.25, -0.2) is 0 Å². The van der Waals surface area contributed by atoms with Gasteiger partial charge in [-0.05, 0) is 57.3 Å². The molecule has 1 atom stereocenters. The number of para-hydroxylation sites is 1. The Balaban J connectivity index is 1.77. The Hall–Kier alpha value is -1.02. The smallest absolute Gasteiger partial charge is 0.0346 e. The molecular formula is C15H24N2. The minimum absolute atomic E-state index is 0.800. The van der Waals surface area contributed by atoms with Crippen molar-refractivity contribution in [2.75, 3.05) is 19.3 Å². The molecule has 1 unspecified atom stereocenters. The molecule has 1 saturated heterocycles. The second-order valence-electron chi connectivity index (χ2n) is 5.22. The number of anilines is 1. The van der Waals surface area contributed by atoms with Crippen molar-refractivity contribution in [3.8, 4) is 0 Å². The van der Waals surface area contributed by atoms with Crippen molar-refractivity contribution in [2.24, 2.45) is 0 Å². The van der Waals surface area contributed by atoms with E-state index in [9.17, 15) is 0 Å². The lowest BCUT2D eigenvalue weighted by Gasteiger charge is -2.32. The Bertz CT molecular complexity index is 349.